The highest BCUT2D eigenvalue weighted by Gasteiger charge is 2.16. The fourth-order valence-corrected chi connectivity index (χ4v) is 2.34. The third-order valence-electron chi connectivity index (χ3n) is 3.16. The molecule has 0 aromatic heterocycles. The van der Waals surface area contributed by atoms with Gasteiger partial charge in [0.1, 0.15) is 11.3 Å². The normalized spacial score (nSPS) is 10.3. The summed E-state index contributed by atoms with van der Waals surface area (Å²) in [4.78, 5) is 23.3. The second-order valence-electron chi connectivity index (χ2n) is 4.93. The van der Waals surface area contributed by atoms with E-state index in [1.165, 1.54) is 12.1 Å². The van der Waals surface area contributed by atoms with E-state index in [2.05, 4.69) is 5.32 Å². The molecule has 0 saturated heterocycles. The zero-order valence-corrected chi connectivity index (χ0v) is 12.7. The van der Waals surface area contributed by atoms with Gasteiger partial charge in [0.25, 0.3) is 5.91 Å². The zero-order chi connectivity index (χ0) is 16.4. The molecular weight excluding hydrogens is 306 g/mol. The van der Waals surface area contributed by atoms with Crippen LogP contribution in [0.2, 0.25) is 5.02 Å². The first-order chi connectivity index (χ1) is 10.3. The quantitative estimate of drug-likeness (QED) is 0.754. The van der Waals surface area contributed by atoms with E-state index in [4.69, 9.17) is 16.7 Å². The van der Waals surface area contributed by atoms with Crippen molar-refractivity contribution in [1.29, 1.82) is 0 Å². The van der Waals surface area contributed by atoms with Crippen molar-refractivity contribution in [2.24, 2.45) is 0 Å². The van der Waals surface area contributed by atoms with Crippen molar-refractivity contribution in [2.45, 2.75) is 13.8 Å². The smallest absolute Gasteiger partial charge is 0.339 e. The average molecular weight is 320 g/mol. The number of carbonyl (C=O) groups excluding carboxylic acids is 1. The molecule has 114 valence electrons. The van der Waals surface area contributed by atoms with E-state index >= 15 is 0 Å². The Balaban J connectivity index is 2.34. The molecule has 1 amide bonds. The van der Waals surface area contributed by atoms with Gasteiger partial charge in [0, 0.05) is 5.69 Å². The predicted octanol–water partition coefficient (Wildman–Crippen LogP) is 3.61. The minimum Gasteiger partial charge on any atom is -0.507 e. The molecule has 0 bridgehead atoms. The third kappa shape index (κ3) is 3.20. The highest BCUT2D eigenvalue weighted by Crippen LogP contribution is 2.27. The Morgan fingerprint density at radius 2 is 1.77 bits per heavy atom. The van der Waals surface area contributed by atoms with Crippen LogP contribution in [0.5, 0.6) is 5.75 Å². The highest BCUT2D eigenvalue weighted by atomic mass is 35.5. The number of hydrogen-bond donors (Lipinski definition) is 3. The second-order valence-corrected chi connectivity index (χ2v) is 5.34. The van der Waals surface area contributed by atoms with Gasteiger partial charge in [-0.1, -0.05) is 17.7 Å². The van der Waals surface area contributed by atoms with Crippen LogP contribution in [0, 0.1) is 13.8 Å². The first-order valence-electron chi connectivity index (χ1n) is 6.44. The van der Waals surface area contributed by atoms with Crippen molar-refractivity contribution in [3.63, 3.8) is 0 Å². The Hall–Kier alpha value is -2.53. The van der Waals surface area contributed by atoms with E-state index < -0.39 is 11.9 Å². The van der Waals surface area contributed by atoms with Gasteiger partial charge < -0.3 is 15.5 Å². The largest absolute Gasteiger partial charge is 0.507 e. The Morgan fingerprint density at radius 1 is 1.09 bits per heavy atom. The van der Waals surface area contributed by atoms with Crippen LogP contribution >= 0.6 is 11.6 Å². The SMILES string of the molecule is Cc1ccc(C(=O)Nc2cc(C)c(O)c(C(=O)O)c2)c(Cl)c1. The molecule has 2 aromatic rings. The number of aromatic carboxylic acids is 1. The zero-order valence-electron chi connectivity index (χ0n) is 12.0. The first-order valence-corrected chi connectivity index (χ1v) is 6.82. The van der Waals surface area contributed by atoms with Gasteiger partial charge in [-0.3, -0.25) is 4.79 Å². The van der Waals surface area contributed by atoms with Crippen LogP contribution in [0.4, 0.5) is 5.69 Å². The monoisotopic (exact) mass is 319 g/mol. The van der Waals surface area contributed by atoms with E-state index in [1.54, 1.807) is 25.1 Å². The summed E-state index contributed by atoms with van der Waals surface area (Å²) in [6.45, 7) is 3.41. The van der Waals surface area contributed by atoms with E-state index in [9.17, 15) is 14.7 Å². The van der Waals surface area contributed by atoms with Crippen LogP contribution in [0.3, 0.4) is 0 Å². The molecule has 6 heteroatoms. The van der Waals surface area contributed by atoms with Crippen LogP contribution in [0.1, 0.15) is 31.8 Å². The van der Waals surface area contributed by atoms with Crippen LogP contribution in [-0.4, -0.2) is 22.1 Å². The molecule has 3 N–H and O–H groups in total. The van der Waals surface area contributed by atoms with Crippen LogP contribution in [-0.2, 0) is 0 Å². The maximum atomic E-state index is 12.2. The number of benzene rings is 2. The minimum atomic E-state index is -1.27. The number of hydrogen-bond acceptors (Lipinski definition) is 3. The Labute approximate surface area is 132 Å². The number of carboxylic acid groups (broad SMARTS) is 1. The number of amides is 1. The lowest BCUT2D eigenvalue weighted by molar-refractivity contribution is 0.0693. The van der Waals surface area contributed by atoms with Gasteiger partial charge in [-0.2, -0.15) is 0 Å². The number of halogens is 1. The molecule has 2 aromatic carbocycles. The van der Waals surface area contributed by atoms with Crippen molar-refractivity contribution in [2.75, 3.05) is 5.32 Å². The molecule has 0 atom stereocenters. The number of carbonyl (C=O) groups is 2. The number of aromatic hydroxyl groups is 1. The maximum Gasteiger partial charge on any atom is 0.339 e. The lowest BCUT2D eigenvalue weighted by atomic mass is 10.1. The van der Waals surface area contributed by atoms with E-state index in [0.29, 0.717) is 10.6 Å². The average Bonchev–Trinajstić information content (AvgIpc) is 2.42. The minimum absolute atomic E-state index is 0.273. The lowest BCUT2D eigenvalue weighted by Crippen LogP contribution is -2.13. The summed E-state index contributed by atoms with van der Waals surface area (Å²) in [5.74, 6) is -2.05. The van der Waals surface area contributed by atoms with E-state index in [-0.39, 0.29) is 22.6 Å². The molecule has 0 fully saturated rings. The number of aryl methyl sites for hydroxylation is 2. The van der Waals surface area contributed by atoms with Gasteiger partial charge in [-0.05, 0) is 49.2 Å². The molecule has 0 aliphatic carbocycles. The van der Waals surface area contributed by atoms with Crippen molar-refractivity contribution in [3.05, 3.63) is 57.6 Å². The Bertz CT molecular complexity index is 771. The molecule has 22 heavy (non-hydrogen) atoms. The lowest BCUT2D eigenvalue weighted by Gasteiger charge is -2.10. The number of nitrogens with one attached hydrogen (secondary N) is 1. The number of phenols is 1. The summed E-state index contributed by atoms with van der Waals surface area (Å²) in [7, 11) is 0. The molecule has 5 nitrogen and oxygen atoms in total. The van der Waals surface area contributed by atoms with Crippen molar-refractivity contribution in [1.82, 2.24) is 0 Å². The molecule has 0 aliphatic heterocycles. The highest BCUT2D eigenvalue weighted by molar-refractivity contribution is 6.34. The number of rotatable bonds is 3. The van der Waals surface area contributed by atoms with Gasteiger partial charge in [0.15, 0.2) is 0 Å². The van der Waals surface area contributed by atoms with Crippen molar-refractivity contribution < 1.29 is 19.8 Å². The van der Waals surface area contributed by atoms with Gasteiger partial charge in [0.2, 0.25) is 0 Å². The Kier molecular flexibility index (Phi) is 4.37. The fraction of sp³-hybridized carbons (Fsp3) is 0.125. The van der Waals surface area contributed by atoms with Crippen molar-refractivity contribution in [3.8, 4) is 5.75 Å². The van der Waals surface area contributed by atoms with E-state index in [0.717, 1.165) is 5.56 Å². The third-order valence-corrected chi connectivity index (χ3v) is 3.47. The molecule has 2 rings (SSSR count). The molecule has 0 spiro atoms. The second kappa shape index (κ2) is 6.07. The first kappa shape index (κ1) is 15.9. The summed E-state index contributed by atoms with van der Waals surface area (Å²) in [5.41, 5.74) is 1.56. The topological polar surface area (TPSA) is 86.6 Å². The molecule has 0 aliphatic rings. The summed E-state index contributed by atoms with van der Waals surface area (Å²) < 4.78 is 0. The van der Waals surface area contributed by atoms with Crippen molar-refractivity contribution >= 4 is 29.2 Å². The number of carboxylic acids is 1. The van der Waals surface area contributed by atoms with Gasteiger partial charge in [0.05, 0.1) is 10.6 Å². The Morgan fingerprint density at radius 3 is 2.36 bits per heavy atom. The standard InChI is InChI=1S/C16H14ClNO4/c1-8-3-4-11(13(17)5-8)15(20)18-10-6-9(2)14(19)12(7-10)16(21)22/h3-7,19H,1-2H3,(H,18,20)(H,21,22). The summed E-state index contributed by atoms with van der Waals surface area (Å²) in [5, 5.41) is 21.6. The number of anilines is 1. The molecule has 0 saturated carbocycles. The molecular formula is C16H14ClNO4. The van der Waals surface area contributed by atoms with Gasteiger partial charge in [-0.25, -0.2) is 4.79 Å². The summed E-state index contributed by atoms with van der Waals surface area (Å²) >= 11 is 6.03. The van der Waals surface area contributed by atoms with Crippen LogP contribution in [0.15, 0.2) is 30.3 Å². The van der Waals surface area contributed by atoms with E-state index in [1.807, 2.05) is 6.92 Å². The molecule has 0 heterocycles. The van der Waals surface area contributed by atoms with Crippen LogP contribution < -0.4 is 5.32 Å². The maximum absolute atomic E-state index is 12.2. The fourth-order valence-electron chi connectivity index (χ4n) is 2.02. The molecule has 0 unspecified atom stereocenters. The van der Waals surface area contributed by atoms with Gasteiger partial charge in [-0.15, -0.1) is 0 Å². The summed E-state index contributed by atoms with van der Waals surface area (Å²) in [6, 6.07) is 7.71. The van der Waals surface area contributed by atoms with Crippen LogP contribution in [0.25, 0.3) is 0 Å². The summed E-state index contributed by atoms with van der Waals surface area (Å²) in [6.07, 6.45) is 0. The molecule has 0 radical (unpaired) electrons. The van der Waals surface area contributed by atoms with Gasteiger partial charge >= 0.3 is 5.97 Å². The predicted molar refractivity (Wildman–Crippen MR) is 83.9 cm³/mol.